The van der Waals surface area contributed by atoms with Crippen LogP contribution in [0.4, 0.5) is 0 Å². The van der Waals surface area contributed by atoms with E-state index in [1.165, 1.54) is 0 Å². The maximum Gasteiger partial charge on any atom is 0.0684 e. The number of hydrogen-bond donors (Lipinski definition) is 1. The van der Waals surface area contributed by atoms with Crippen molar-refractivity contribution in [2.24, 2.45) is 0 Å². The lowest BCUT2D eigenvalue weighted by atomic mass is 10.2. The van der Waals surface area contributed by atoms with Crippen LogP contribution in [0.15, 0.2) is 12.7 Å². The molecule has 1 saturated carbocycles. The van der Waals surface area contributed by atoms with Crippen molar-refractivity contribution in [2.45, 2.75) is 24.9 Å². The van der Waals surface area contributed by atoms with Crippen LogP contribution in [-0.2, 0) is 0 Å². The summed E-state index contributed by atoms with van der Waals surface area (Å²) in [6, 6.07) is 0. The van der Waals surface area contributed by atoms with Gasteiger partial charge in [0.25, 0.3) is 0 Å². The van der Waals surface area contributed by atoms with Crippen LogP contribution in [-0.4, -0.2) is 10.7 Å². The van der Waals surface area contributed by atoms with E-state index in [-0.39, 0.29) is 5.60 Å². The Morgan fingerprint density at radius 1 is 1.71 bits per heavy atom. The summed E-state index contributed by atoms with van der Waals surface area (Å²) in [4.78, 5) is 0. The minimum Gasteiger partial charge on any atom is -0.390 e. The van der Waals surface area contributed by atoms with Crippen molar-refractivity contribution in [3.8, 4) is 0 Å². The van der Waals surface area contributed by atoms with Crippen molar-refractivity contribution < 1.29 is 5.11 Å². The van der Waals surface area contributed by atoms with Gasteiger partial charge in [-0.25, -0.2) is 0 Å². The third-order valence-electron chi connectivity index (χ3n) is 1.35. The first-order valence-corrected chi connectivity index (χ1v) is 2.60. The van der Waals surface area contributed by atoms with Gasteiger partial charge in [0.1, 0.15) is 0 Å². The van der Waals surface area contributed by atoms with Crippen molar-refractivity contribution in [1.29, 1.82) is 0 Å². The molecule has 7 heavy (non-hydrogen) atoms. The Kier molecular flexibility index (Phi) is 0.927. The standard InChI is InChI=1S/C6H10O/c1-2-3-6(7)4-5-6/h2,7H,1,3-5H2. The van der Waals surface area contributed by atoms with E-state index >= 15 is 0 Å². The second-order valence-corrected chi connectivity index (χ2v) is 2.22. The van der Waals surface area contributed by atoms with Crippen LogP contribution in [0.5, 0.6) is 0 Å². The predicted octanol–water partition coefficient (Wildman–Crippen LogP) is 1.09. The quantitative estimate of drug-likeness (QED) is 0.512. The average molecular weight is 98.1 g/mol. The fourth-order valence-electron chi connectivity index (χ4n) is 0.617. The molecule has 1 heteroatoms. The Bertz CT molecular complexity index is 82.2. The second-order valence-electron chi connectivity index (χ2n) is 2.22. The van der Waals surface area contributed by atoms with Crippen LogP contribution in [0.2, 0.25) is 0 Å². The first-order chi connectivity index (χ1) is 3.27. The zero-order valence-electron chi connectivity index (χ0n) is 4.35. The molecule has 1 aliphatic carbocycles. The summed E-state index contributed by atoms with van der Waals surface area (Å²) >= 11 is 0. The number of rotatable bonds is 2. The smallest absolute Gasteiger partial charge is 0.0684 e. The highest BCUT2D eigenvalue weighted by atomic mass is 16.3. The lowest BCUT2D eigenvalue weighted by Crippen LogP contribution is -2.02. The molecule has 1 fully saturated rings. The molecule has 0 heterocycles. The molecule has 1 N–H and O–H groups in total. The Morgan fingerprint density at radius 2 is 2.29 bits per heavy atom. The molecule has 1 aliphatic rings. The van der Waals surface area contributed by atoms with Gasteiger partial charge < -0.3 is 5.11 Å². The molecule has 1 rings (SSSR count). The van der Waals surface area contributed by atoms with Crippen molar-refractivity contribution in [2.75, 3.05) is 0 Å². The molecule has 0 aromatic rings. The summed E-state index contributed by atoms with van der Waals surface area (Å²) in [5, 5.41) is 9.06. The van der Waals surface area contributed by atoms with E-state index in [1.807, 2.05) is 0 Å². The topological polar surface area (TPSA) is 20.2 Å². The Morgan fingerprint density at radius 3 is 2.43 bits per heavy atom. The van der Waals surface area contributed by atoms with Gasteiger partial charge >= 0.3 is 0 Å². The van der Waals surface area contributed by atoms with Crippen LogP contribution in [0.1, 0.15) is 19.3 Å². The maximum atomic E-state index is 9.06. The van der Waals surface area contributed by atoms with E-state index in [1.54, 1.807) is 6.08 Å². The largest absolute Gasteiger partial charge is 0.390 e. The third-order valence-corrected chi connectivity index (χ3v) is 1.35. The van der Waals surface area contributed by atoms with Gasteiger partial charge in [0.15, 0.2) is 0 Å². The third kappa shape index (κ3) is 1.03. The summed E-state index contributed by atoms with van der Waals surface area (Å²) in [5.74, 6) is 0. The summed E-state index contributed by atoms with van der Waals surface area (Å²) < 4.78 is 0. The highest BCUT2D eigenvalue weighted by Crippen LogP contribution is 2.38. The summed E-state index contributed by atoms with van der Waals surface area (Å²) in [6.07, 6.45) is 4.48. The lowest BCUT2D eigenvalue weighted by Gasteiger charge is -1.98. The number of aliphatic hydroxyl groups is 1. The molecule has 0 amide bonds. The molecule has 0 aromatic heterocycles. The van der Waals surface area contributed by atoms with Crippen LogP contribution in [0, 0.1) is 0 Å². The second kappa shape index (κ2) is 1.34. The van der Waals surface area contributed by atoms with Crippen molar-refractivity contribution in [1.82, 2.24) is 0 Å². The summed E-state index contributed by atoms with van der Waals surface area (Å²) in [7, 11) is 0. The van der Waals surface area contributed by atoms with Crippen LogP contribution in [0.3, 0.4) is 0 Å². The van der Waals surface area contributed by atoms with Gasteiger partial charge in [0.2, 0.25) is 0 Å². The normalized spacial score (nSPS) is 24.1. The minimum atomic E-state index is -0.318. The van der Waals surface area contributed by atoms with Gasteiger partial charge in [-0.1, -0.05) is 6.08 Å². The lowest BCUT2D eigenvalue weighted by molar-refractivity contribution is 0.154. The van der Waals surface area contributed by atoms with E-state index in [0.29, 0.717) is 0 Å². The minimum absolute atomic E-state index is 0.318. The van der Waals surface area contributed by atoms with Crippen LogP contribution in [0.25, 0.3) is 0 Å². The first-order valence-electron chi connectivity index (χ1n) is 2.60. The zero-order chi connectivity index (χ0) is 5.33. The zero-order valence-corrected chi connectivity index (χ0v) is 4.35. The van der Waals surface area contributed by atoms with Gasteiger partial charge in [-0.2, -0.15) is 0 Å². The molecule has 0 saturated heterocycles. The van der Waals surface area contributed by atoms with Gasteiger partial charge in [0, 0.05) is 0 Å². The van der Waals surface area contributed by atoms with Crippen molar-refractivity contribution >= 4 is 0 Å². The summed E-state index contributed by atoms with van der Waals surface area (Å²) in [6.45, 7) is 3.53. The molecular weight excluding hydrogens is 88.1 g/mol. The molecule has 1 nitrogen and oxygen atoms in total. The first kappa shape index (κ1) is 4.85. The molecule has 0 atom stereocenters. The fraction of sp³-hybridized carbons (Fsp3) is 0.667. The van der Waals surface area contributed by atoms with Gasteiger partial charge in [-0.3, -0.25) is 0 Å². The van der Waals surface area contributed by atoms with E-state index in [9.17, 15) is 0 Å². The monoisotopic (exact) mass is 98.1 g/mol. The van der Waals surface area contributed by atoms with E-state index in [0.717, 1.165) is 19.3 Å². The molecule has 0 aromatic carbocycles. The van der Waals surface area contributed by atoms with Crippen LogP contribution < -0.4 is 0 Å². The number of hydrogen-bond acceptors (Lipinski definition) is 1. The Hall–Kier alpha value is -0.300. The van der Waals surface area contributed by atoms with Gasteiger partial charge in [0.05, 0.1) is 5.60 Å². The Labute approximate surface area is 43.7 Å². The van der Waals surface area contributed by atoms with Crippen molar-refractivity contribution in [3.05, 3.63) is 12.7 Å². The molecule has 40 valence electrons. The molecular formula is C6H10O. The highest BCUT2D eigenvalue weighted by molar-refractivity contribution is 4.97. The van der Waals surface area contributed by atoms with Crippen molar-refractivity contribution in [3.63, 3.8) is 0 Å². The van der Waals surface area contributed by atoms with E-state index in [4.69, 9.17) is 5.11 Å². The van der Waals surface area contributed by atoms with Gasteiger partial charge in [-0.15, -0.1) is 6.58 Å². The molecule has 0 aliphatic heterocycles. The van der Waals surface area contributed by atoms with Gasteiger partial charge in [-0.05, 0) is 19.3 Å². The SMILES string of the molecule is C=CCC1(O)CC1. The molecule has 0 unspecified atom stereocenters. The maximum absolute atomic E-state index is 9.06. The molecule has 0 bridgehead atoms. The molecule has 0 radical (unpaired) electrons. The molecule has 0 spiro atoms. The highest BCUT2D eigenvalue weighted by Gasteiger charge is 2.38. The fourth-order valence-corrected chi connectivity index (χ4v) is 0.617. The average Bonchev–Trinajstić information content (AvgIpc) is 2.22. The Balaban J connectivity index is 2.25. The van der Waals surface area contributed by atoms with E-state index < -0.39 is 0 Å². The summed E-state index contributed by atoms with van der Waals surface area (Å²) in [5.41, 5.74) is -0.318. The van der Waals surface area contributed by atoms with E-state index in [2.05, 4.69) is 6.58 Å². The predicted molar refractivity (Wildman–Crippen MR) is 29.0 cm³/mol. The van der Waals surface area contributed by atoms with Crippen LogP contribution >= 0.6 is 0 Å².